The number of nitrogens with zero attached hydrogens (tertiary/aromatic N) is 2. The fraction of sp³-hybridized carbons (Fsp3) is 0.667. The minimum atomic E-state index is 0.308. The van der Waals surface area contributed by atoms with Crippen LogP contribution in [-0.2, 0) is 6.54 Å². The quantitative estimate of drug-likeness (QED) is 0.869. The lowest BCUT2D eigenvalue weighted by molar-refractivity contribution is 0.0867. The van der Waals surface area contributed by atoms with Crippen LogP contribution in [0.25, 0.3) is 0 Å². The minimum Gasteiger partial charge on any atom is -0.311 e. The van der Waals surface area contributed by atoms with Gasteiger partial charge < -0.3 is 5.32 Å². The Morgan fingerprint density at radius 3 is 2.78 bits per heavy atom. The number of aromatic nitrogens is 1. The highest BCUT2D eigenvalue weighted by atomic mass is 15.2. The van der Waals surface area contributed by atoms with Crippen LogP contribution >= 0.6 is 0 Å². The van der Waals surface area contributed by atoms with E-state index in [9.17, 15) is 0 Å². The van der Waals surface area contributed by atoms with Crippen molar-refractivity contribution in [2.24, 2.45) is 5.41 Å². The molecule has 1 saturated heterocycles. The summed E-state index contributed by atoms with van der Waals surface area (Å²) in [7, 11) is 0. The lowest BCUT2D eigenvalue weighted by atomic mass is 9.85. The average Bonchev–Trinajstić information content (AvgIpc) is 2.32. The molecule has 3 heteroatoms. The number of piperazine rings is 1. The molecule has 1 N–H and O–H groups in total. The first kappa shape index (κ1) is 13.5. The number of rotatable bonds is 2. The van der Waals surface area contributed by atoms with E-state index < -0.39 is 0 Å². The summed E-state index contributed by atoms with van der Waals surface area (Å²) in [5.41, 5.74) is 1.47. The van der Waals surface area contributed by atoms with Crippen LogP contribution in [0, 0.1) is 5.41 Å². The highest BCUT2D eigenvalue weighted by Gasteiger charge is 2.32. The number of hydrogen-bond donors (Lipinski definition) is 1. The van der Waals surface area contributed by atoms with Crippen molar-refractivity contribution in [1.29, 1.82) is 0 Å². The van der Waals surface area contributed by atoms with Gasteiger partial charge in [-0.1, -0.05) is 26.8 Å². The highest BCUT2D eigenvalue weighted by Crippen LogP contribution is 2.24. The summed E-state index contributed by atoms with van der Waals surface area (Å²) in [5, 5.41) is 3.66. The van der Waals surface area contributed by atoms with Crippen molar-refractivity contribution < 1.29 is 0 Å². The Labute approximate surface area is 111 Å². The largest absolute Gasteiger partial charge is 0.311 e. The highest BCUT2D eigenvalue weighted by molar-refractivity contribution is 5.04. The van der Waals surface area contributed by atoms with Crippen LogP contribution in [0.5, 0.6) is 0 Å². The second-order valence-corrected chi connectivity index (χ2v) is 6.43. The van der Waals surface area contributed by atoms with E-state index in [1.54, 1.807) is 0 Å². The Bertz CT molecular complexity index is 369. The zero-order valence-electron chi connectivity index (χ0n) is 12.0. The van der Waals surface area contributed by atoms with Gasteiger partial charge in [-0.05, 0) is 24.5 Å². The van der Waals surface area contributed by atoms with Gasteiger partial charge in [-0.2, -0.15) is 0 Å². The molecule has 1 aliphatic heterocycles. The molecular weight excluding hydrogens is 222 g/mol. The first-order valence-electron chi connectivity index (χ1n) is 6.84. The third-order valence-corrected chi connectivity index (χ3v) is 3.84. The summed E-state index contributed by atoms with van der Waals surface area (Å²) in [5.74, 6) is 0. The molecule has 2 unspecified atom stereocenters. The topological polar surface area (TPSA) is 28.2 Å². The van der Waals surface area contributed by atoms with Crippen LogP contribution in [0.1, 0.15) is 33.4 Å². The molecule has 2 heterocycles. The molecule has 1 aromatic heterocycles. The summed E-state index contributed by atoms with van der Waals surface area (Å²) >= 11 is 0. The fourth-order valence-electron chi connectivity index (χ4n) is 2.42. The van der Waals surface area contributed by atoms with Crippen LogP contribution in [0.15, 0.2) is 24.4 Å². The molecule has 0 radical (unpaired) electrons. The molecule has 0 aliphatic carbocycles. The molecule has 0 saturated carbocycles. The third kappa shape index (κ3) is 3.30. The van der Waals surface area contributed by atoms with Crippen molar-refractivity contribution >= 4 is 0 Å². The van der Waals surface area contributed by atoms with Gasteiger partial charge in [0.1, 0.15) is 0 Å². The van der Waals surface area contributed by atoms with Crippen molar-refractivity contribution in [2.45, 2.75) is 46.3 Å². The van der Waals surface area contributed by atoms with Gasteiger partial charge in [0.05, 0.1) is 5.69 Å². The fourth-order valence-corrected chi connectivity index (χ4v) is 2.42. The van der Waals surface area contributed by atoms with Gasteiger partial charge in [-0.15, -0.1) is 0 Å². The van der Waals surface area contributed by atoms with Gasteiger partial charge in [0.15, 0.2) is 0 Å². The van der Waals surface area contributed by atoms with Crippen LogP contribution in [0.3, 0.4) is 0 Å². The number of pyridine rings is 1. The predicted octanol–water partition coefficient (Wildman–Crippen LogP) is 2.29. The lowest BCUT2D eigenvalue weighted by Crippen LogP contribution is -2.59. The SMILES string of the molecule is CC1CNC(C(C)(C)C)CN1Cc1ccccn1. The van der Waals surface area contributed by atoms with E-state index in [1.165, 1.54) is 5.69 Å². The molecule has 18 heavy (non-hydrogen) atoms. The van der Waals surface area contributed by atoms with Gasteiger partial charge in [-0.3, -0.25) is 9.88 Å². The predicted molar refractivity (Wildman–Crippen MR) is 75.4 cm³/mol. The van der Waals surface area contributed by atoms with Crippen LogP contribution in [0.4, 0.5) is 0 Å². The Morgan fingerprint density at radius 1 is 1.39 bits per heavy atom. The van der Waals surface area contributed by atoms with Gasteiger partial charge in [0.25, 0.3) is 0 Å². The molecular formula is C15H25N3. The maximum atomic E-state index is 4.43. The summed E-state index contributed by atoms with van der Waals surface area (Å²) in [6.45, 7) is 12.3. The van der Waals surface area contributed by atoms with Crippen molar-refractivity contribution in [1.82, 2.24) is 15.2 Å². The van der Waals surface area contributed by atoms with E-state index in [2.05, 4.69) is 55.0 Å². The molecule has 3 nitrogen and oxygen atoms in total. The summed E-state index contributed by atoms with van der Waals surface area (Å²) in [6.07, 6.45) is 1.88. The zero-order valence-corrected chi connectivity index (χ0v) is 12.0. The van der Waals surface area contributed by atoms with Gasteiger partial charge in [0.2, 0.25) is 0 Å². The van der Waals surface area contributed by atoms with Crippen molar-refractivity contribution in [3.05, 3.63) is 30.1 Å². The van der Waals surface area contributed by atoms with E-state index in [-0.39, 0.29) is 0 Å². The lowest BCUT2D eigenvalue weighted by Gasteiger charge is -2.43. The number of hydrogen-bond acceptors (Lipinski definition) is 3. The molecule has 0 aromatic carbocycles. The Morgan fingerprint density at radius 2 is 2.17 bits per heavy atom. The van der Waals surface area contributed by atoms with E-state index in [0.717, 1.165) is 19.6 Å². The maximum Gasteiger partial charge on any atom is 0.0544 e. The maximum absolute atomic E-state index is 4.43. The molecule has 0 spiro atoms. The summed E-state index contributed by atoms with van der Waals surface area (Å²) in [6, 6.07) is 7.28. The Hall–Kier alpha value is -0.930. The molecule has 2 atom stereocenters. The first-order chi connectivity index (χ1) is 8.47. The second kappa shape index (κ2) is 5.37. The molecule has 1 aliphatic rings. The molecule has 100 valence electrons. The molecule has 1 fully saturated rings. The second-order valence-electron chi connectivity index (χ2n) is 6.43. The van der Waals surface area contributed by atoms with Gasteiger partial charge >= 0.3 is 0 Å². The molecule has 0 amide bonds. The monoisotopic (exact) mass is 247 g/mol. The van der Waals surface area contributed by atoms with Crippen molar-refractivity contribution in [3.8, 4) is 0 Å². The average molecular weight is 247 g/mol. The Balaban J connectivity index is 2.02. The van der Waals surface area contributed by atoms with E-state index in [1.807, 2.05) is 12.3 Å². The van der Waals surface area contributed by atoms with E-state index >= 15 is 0 Å². The van der Waals surface area contributed by atoms with Crippen LogP contribution in [0.2, 0.25) is 0 Å². The van der Waals surface area contributed by atoms with Crippen LogP contribution in [-0.4, -0.2) is 35.1 Å². The van der Waals surface area contributed by atoms with Gasteiger partial charge in [0, 0.05) is 37.9 Å². The molecule has 2 rings (SSSR count). The minimum absolute atomic E-state index is 0.308. The van der Waals surface area contributed by atoms with Gasteiger partial charge in [-0.25, -0.2) is 0 Å². The van der Waals surface area contributed by atoms with E-state index in [4.69, 9.17) is 0 Å². The van der Waals surface area contributed by atoms with Crippen molar-refractivity contribution in [3.63, 3.8) is 0 Å². The smallest absolute Gasteiger partial charge is 0.0544 e. The normalized spacial score (nSPS) is 26.2. The Kier molecular flexibility index (Phi) is 4.03. The summed E-state index contributed by atoms with van der Waals surface area (Å²) < 4.78 is 0. The molecule has 1 aromatic rings. The van der Waals surface area contributed by atoms with E-state index in [0.29, 0.717) is 17.5 Å². The van der Waals surface area contributed by atoms with Crippen LogP contribution < -0.4 is 5.32 Å². The first-order valence-corrected chi connectivity index (χ1v) is 6.84. The zero-order chi connectivity index (χ0) is 13.2. The standard InChI is InChI=1S/C15H25N3/c1-12-9-17-14(15(2,3)4)11-18(12)10-13-7-5-6-8-16-13/h5-8,12,14,17H,9-11H2,1-4H3. The van der Waals surface area contributed by atoms with Crippen molar-refractivity contribution in [2.75, 3.05) is 13.1 Å². The molecule has 0 bridgehead atoms. The summed E-state index contributed by atoms with van der Waals surface area (Å²) in [4.78, 5) is 6.97. The number of nitrogens with one attached hydrogen (secondary N) is 1. The third-order valence-electron chi connectivity index (χ3n) is 3.84.